The summed E-state index contributed by atoms with van der Waals surface area (Å²) in [4.78, 5) is 40.0. The van der Waals surface area contributed by atoms with Crippen molar-refractivity contribution in [1.29, 1.82) is 0 Å². The highest BCUT2D eigenvalue weighted by atomic mass is 16.5. The normalized spacial score (nSPS) is 11.7. The zero-order valence-corrected chi connectivity index (χ0v) is 17.1. The first kappa shape index (κ1) is 21.0. The summed E-state index contributed by atoms with van der Waals surface area (Å²) in [5.41, 5.74) is -0.0354. The molecule has 0 aliphatic carbocycles. The van der Waals surface area contributed by atoms with Crippen LogP contribution in [0.15, 0.2) is 46.0 Å². The van der Waals surface area contributed by atoms with Gasteiger partial charge >= 0.3 is 5.69 Å². The smallest absolute Gasteiger partial charge is 0.329 e. The van der Waals surface area contributed by atoms with Crippen molar-refractivity contribution in [1.82, 2.24) is 14.9 Å². The van der Waals surface area contributed by atoms with E-state index in [2.05, 4.69) is 10.3 Å². The summed E-state index contributed by atoms with van der Waals surface area (Å²) in [7, 11) is 4.51. The van der Waals surface area contributed by atoms with Crippen molar-refractivity contribution in [3.05, 3.63) is 62.8 Å². The Balaban J connectivity index is 1.84. The molecule has 1 amide bonds. The monoisotopic (exact) mass is 413 g/mol. The number of ether oxygens (including phenoxy) is 3. The average molecular weight is 413 g/mol. The molecule has 0 fully saturated rings. The van der Waals surface area contributed by atoms with Gasteiger partial charge in [-0.1, -0.05) is 12.1 Å². The van der Waals surface area contributed by atoms with E-state index in [1.165, 1.54) is 21.3 Å². The lowest BCUT2D eigenvalue weighted by Gasteiger charge is -2.19. The third-order valence-electron chi connectivity index (χ3n) is 4.76. The molecular formula is C21H23N3O6. The highest BCUT2D eigenvalue weighted by Gasteiger charge is 2.18. The second kappa shape index (κ2) is 8.73. The van der Waals surface area contributed by atoms with Crippen LogP contribution >= 0.6 is 0 Å². The number of carbonyl (C=O) groups is 1. The van der Waals surface area contributed by atoms with Crippen LogP contribution in [0.1, 0.15) is 18.5 Å². The summed E-state index contributed by atoms with van der Waals surface area (Å²) in [6.45, 7) is 1.36. The Morgan fingerprint density at radius 1 is 1.07 bits per heavy atom. The van der Waals surface area contributed by atoms with E-state index in [0.717, 1.165) is 4.57 Å². The van der Waals surface area contributed by atoms with Gasteiger partial charge in [0.25, 0.3) is 5.56 Å². The number of methoxy groups -OCH3 is 3. The number of nitrogens with zero attached hydrogens (tertiary/aromatic N) is 1. The summed E-state index contributed by atoms with van der Waals surface area (Å²) in [6.07, 6.45) is 0. The van der Waals surface area contributed by atoms with Gasteiger partial charge in [0.2, 0.25) is 11.7 Å². The minimum atomic E-state index is -0.644. The van der Waals surface area contributed by atoms with Gasteiger partial charge in [0.1, 0.15) is 6.54 Å². The number of rotatable bonds is 7. The fourth-order valence-electron chi connectivity index (χ4n) is 3.21. The van der Waals surface area contributed by atoms with Gasteiger partial charge in [-0.25, -0.2) is 4.79 Å². The molecular weight excluding hydrogens is 390 g/mol. The third-order valence-corrected chi connectivity index (χ3v) is 4.76. The van der Waals surface area contributed by atoms with Gasteiger partial charge in [0.15, 0.2) is 11.5 Å². The molecule has 1 aromatic heterocycles. The number of para-hydroxylation sites is 1. The maximum absolute atomic E-state index is 12.6. The second-order valence-corrected chi connectivity index (χ2v) is 6.61. The van der Waals surface area contributed by atoms with Crippen LogP contribution in [0.4, 0.5) is 0 Å². The predicted octanol–water partition coefficient (Wildman–Crippen LogP) is 1.59. The average Bonchev–Trinajstić information content (AvgIpc) is 2.75. The van der Waals surface area contributed by atoms with E-state index in [1.54, 1.807) is 43.3 Å². The number of nitrogens with one attached hydrogen (secondary N) is 2. The number of benzene rings is 2. The highest BCUT2D eigenvalue weighted by Crippen LogP contribution is 2.39. The lowest BCUT2D eigenvalue weighted by Crippen LogP contribution is -2.41. The Morgan fingerprint density at radius 3 is 2.30 bits per heavy atom. The Bertz CT molecular complexity index is 1170. The van der Waals surface area contributed by atoms with Gasteiger partial charge in [-0.15, -0.1) is 0 Å². The van der Waals surface area contributed by atoms with Crippen molar-refractivity contribution in [2.75, 3.05) is 21.3 Å². The van der Waals surface area contributed by atoms with Crippen LogP contribution < -0.4 is 30.8 Å². The van der Waals surface area contributed by atoms with Crippen LogP contribution in [0.25, 0.3) is 10.9 Å². The van der Waals surface area contributed by atoms with E-state index in [4.69, 9.17) is 14.2 Å². The summed E-state index contributed by atoms with van der Waals surface area (Å²) in [5.74, 6) is 0.862. The van der Waals surface area contributed by atoms with E-state index < -0.39 is 29.7 Å². The van der Waals surface area contributed by atoms with Crippen molar-refractivity contribution in [3.8, 4) is 17.2 Å². The number of amides is 1. The third kappa shape index (κ3) is 4.00. The molecule has 3 rings (SSSR count). The SMILES string of the molecule is COc1cc(C(C)NC(=O)Cn2c(=O)[nH]c3ccccc3c2=O)cc(OC)c1OC. The van der Waals surface area contributed by atoms with Gasteiger partial charge in [-0.05, 0) is 36.8 Å². The Labute approximate surface area is 172 Å². The van der Waals surface area contributed by atoms with Gasteiger partial charge in [0.05, 0.1) is 38.3 Å². The molecule has 158 valence electrons. The molecule has 0 spiro atoms. The molecule has 2 N–H and O–H groups in total. The number of carbonyl (C=O) groups excluding carboxylic acids is 1. The number of hydrogen-bond acceptors (Lipinski definition) is 6. The molecule has 30 heavy (non-hydrogen) atoms. The Hall–Kier alpha value is -3.75. The molecule has 0 bridgehead atoms. The van der Waals surface area contributed by atoms with Crippen LogP contribution in [-0.4, -0.2) is 36.8 Å². The van der Waals surface area contributed by atoms with E-state index in [9.17, 15) is 14.4 Å². The first-order valence-electron chi connectivity index (χ1n) is 9.20. The van der Waals surface area contributed by atoms with Crippen molar-refractivity contribution in [2.24, 2.45) is 0 Å². The zero-order chi connectivity index (χ0) is 21.8. The van der Waals surface area contributed by atoms with Crippen LogP contribution in [0, 0.1) is 0 Å². The van der Waals surface area contributed by atoms with E-state index in [1.807, 2.05) is 0 Å². The van der Waals surface area contributed by atoms with Crippen molar-refractivity contribution in [2.45, 2.75) is 19.5 Å². The van der Waals surface area contributed by atoms with E-state index in [0.29, 0.717) is 33.7 Å². The number of hydrogen-bond donors (Lipinski definition) is 2. The summed E-state index contributed by atoms with van der Waals surface area (Å²) in [5, 5.41) is 3.12. The van der Waals surface area contributed by atoms with Crippen molar-refractivity contribution in [3.63, 3.8) is 0 Å². The van der Waals surface area contributed by atoms with Gasteiger partial charge < -0.3 is 24.5 Å². The summed E-state index contributed by atoms with van der Waals surface area (Å²) in [6, 6.07) is 9.65. The van der Waals surface area contributed by atoms with Crippen LogP contribution in [0.5, 0.6) is 17.2 Å². The fourth-order valence-corrected chi connectivity index (χ4v) is 3.21. The molecule has 2 aromatic carbocycles. The van der Waals surface area contributed by atoms with E-state index >= 15 is 0 Å². The fraction of sp³-hybridized carbons (Fsp3) is 0.286. The maximum atomic E-state index is 12.6. The largest absolute Gasteiger partial charge is 0.493 e. The number of aromatic nitrogens is 2. The number of aromatic amines is 1. The zero-order valence-electron chi connectivity index (χ0n) is 17.1. The standard InChI is InChI=1S/C21H23N3O6/c1-12(13-9-16(28-2)19(30-4)17(10-13)29-3)22-18(25)11-24-20(26)14-7-5-6-8-15(14)23-21(24)27/h5-10,12H,11H2,1-4H3,(H,22,25)(H,23,27). The van der Waals surface area contributed by atoms with Gasteiger partial charge in [-0.2, -0.15) is 0 Å². The Kier molecular flexibility index (Phi) is 6.10. The van der Waals surface area contributed by atoms with Crippen LogP contribution in [-0.2, 0) is 11.3 Å². The van der Waals surface area contributed by atoms with E-state index in [-0.39, 0.29) is 0 Å². The Morgan fingerprint density at radius 2 is 1.70 bits per heavy atom. The molecule has 1 heterocycles. The maximum Gasteiger partial charge on any atom is 0.329 e. The molecule has 9 nitrogen and oxygen atoms in total. The molecule has 0 aliphatic rings. The second-order valence-electron chi connectivity index (χ2n) is 6.61. The minimum Gasteiger partial charge on any atom is -0.493 e. The number of fused-ring (bicyclic) bond motifs is 1. The minimum absolute atomic E-state index is 0.336. The lowest BCUT2D eigenvalue weighted by molar-refractivity contribution is -0.122. The highest BCUT2D eigenvalue weighted by molar-refractivity contribution is 5.79. The van der Waals surface area contributed by atoms with Gasteiger partial charge in [0, 0.05) is 0 Å². The summed E-state index contributed by atoms with van der Waals surface area (Å²) < 4.78 is 16.8. The quantitative estimate of drug-likeness (QED) is 0.609. The molecule has 1 unspecified atom stereocenters. The molecule has 0 aliphatic heterocycles. The first-order chi connectivity index (χ1) is 14.4. The van der Waals surface area contributed by atoms with Crippen molar-refractivity contribution >= 4 is 16.8 Å². The topological polar surface area (TPSA) is 112 Å². The molecule has 0 saturated heterocycles. The molecule has 3 aromatic rings. The van der Waals surface area contributed by atoms with Crippen LogP contribution in [0.3, 0.4) is 0 Å². The van der Waals surface area contributed by atoms with Crippen LogP contribution in [0.2, 0.25) is 0 Å². The molecule has 0 radical (unpaired) electrons. The van der Waals surface area contributed by atoms with Crippen molar-refractivity contribution < 1.29 is 19.0 Å². The number of H-pyrrole nitrogens is 1. The predicted molar refractivity (Wildman–Crippen MR) is 111 cm³/mol. The first-order valence-corrected chi connectivity index (χ1v) is 9.20. The summed E-state index contributed by atoms with van der Waals surface area (Å²) >= 11 is 0. The lowest BCUT2D eigenvalue weighted by atomic mass is 10.1. The molecule has 1 atom stereocenters. The van der Waals surface area contributed by atoms with Gasteiger partial charge in [-0.3, -0.25) is 14.2 Å². The molecule has 0 saturated carbocycles. The molecule has 9 heteroatoms.